The van der Waals surface area contributed by atoms with E-state index in [0.29, 0.717) is 15.2 Å². The summed E-state index contributed by atoms with van der Waals surface area (Å²) in [7, 11) is 0. The molecule has 3 rings (SSSR count). The van der Waals surface area contributed by atoms with Crippen molar-refractivity contribution in [3.05, 3.63) is 75.2 Å². The van der Waals surface area contributed by atoms with Gasteiger partial charge < -0.3 is 5.32 Å². The van der Waals surface area contributed by atoms with Gasteiger partial charge in [0, 0.05) is 27.4 Å². The fourth-order valence-corrected chi connectivity index (χ4v) is 4.29. The van der Waals surface area contributed by atoms with Crippen molar-refractivity contribution in [2.24, 2.45) is 0 Å². The SMILES string of the molecule is O=C(CSc1ccc(Cl)cc1Cl)Nc1ncc(Cc2ccccc2)s1. The Bertz CT molecular complexity index is 869. The number of hydrogen-bond donors (Lipinski definition) is 1. The van der Waals surface area contributed by atoms with Gasteiger partial charge in [-0.2, -0.15) is 0 Å². The Morgan fingerprint density at radius 1 is 1.16 bits per heavy atom. The van der Waals surface area contributed by atoms with Crippen LogP contribution in [0.2, 0.25) is 10.0 Å². The van der Waals surface area contributed by atoms with E-state index in [1.807, 2.05) is 24.3 Å². The molecular weight excluding hydrogens is 395 g/mol. The van der Waals surface area contributed by atoms with Gasteiger partial charge in [-0.15, -0.1) is 23.1 Å². The molecule has 25 heavy (non-hydrogen) atoms. The number of thioether (sulfide) groups is 1. The molecule has 0 aliphatic heterocycles. The highest BCUT2D eigenvalue weighted by atomic mass is 35.5. The van der Waals surface area contributed by atoms with E-state index >= 15 is 0 Å². The highest BCUT2D eigenvalue weighted by molar-refractivity contribution is 8.00. The molecule has 0 bridgehead atoms. The van der Waals surface area contributed by atoms with E-state index < -0.39 is 0 Å². The third kappa shape index (κ3) is 5.47. The molecule has 0 unspecified atom stereocenters. The summed E-state index contributed by atoms with van der Waals surface area (Å²) in [6, 6.07) is 15.4. The summed E-state index contributed by atoms with van der Waals surface area (Å²) < 4.78 is 0. The number of hydrogen-bond acceptors (Lipinski definition) is 4. The average Bonchev–Trinajstić information content (AvgIpc) is 3.02. The van der Waals surface area contributed by atoms with Gasteiger partial charge in [0.05, 0.1) is 10.8 Å². The van der Waals surface area contributed by atoms with Crippen molar-refractivity contribution in [1.82, 2.24) is 4.98 Å². The quantitative estimate of drug-likeness (QED) is 0.526. The van der Waals surface area contributed by atoms with Crippen molar-refractivity contribution in [2.45, 2.75) is 11.3 Å². The number of halogens is 2. The zero-order valence-corrected chi connectivity index (χ0v) is 16.2. The molecule has 0 radical (unpaired) electrons. The normalized spacial score (nSPS) is 10.6. The number of carbonyl (C=O) groups excluding carboxylic acids is 1. The summed E-state index contributed by atoms with van der Waals surface area (Å²) in [5.74, 6) is 0.145. The molecule has 1 N–H and O–H groups in total. The summed E-state index contributed by atoms with van der Waals surface area (Å²) in [4.78, 5) is 18.3. The molecule has 3 aromatic rings. The summed E-state index contributed by atoms with van der Waals surface area (Å²) in [6.45, 7) is 0. The van der Waals surface area contributed by atoms with Crippen molar-refractivity contribution < 1.29 is 4.79 Å². The van der Waals surface area contributed by atoms with Gasteiger partial charge in [-0.3, -0.25) is 4.79 Å². The van der Waals surface area contributed by atoms with Gasteiger partial charge >= 0.3 is 0 Å². The predicted octanol–water partition coefficient (Wildman–Crippen LogP) is 5.77. The summed E-state index contributed by atoms with van der Waals surface area (Å²) in [6.07, 6.45) is 2.61. The lowest BCUT2D eigenvalue weighted by atomic mass is 10.1. The first-order chi connectivity index (χ1) is 12.1. The van der Waals surface area contributed by atoms with Gasteiger partial charge in [0.25, 0.3) is 0 Å². The van der Waals surface area contributed by atoms with Crippen LogP contribution in [0.3, 0.4) is 0 Å². The third-order valence-electron chi connectivity index (χ3n) is 3.27. The van der Waals surface area contributed by atoms with Gasteiger partial charge in [0.1, 0.15) is 0 Å². The second-order valence-electron chi connectivity index (χ2n) is 5.21. The molecule has 1 amide bonds. The maximum atomic E-state index is 12.1. The van der Waals surface area contributed by atoms with Crippen LogP contribution < -0.4 is 5.32 Å². The second kappa shape index (κ2) is 8.72. The lowest BCUT2D eigenvalue weighted by molar-refractivity contribution is -0.113. The van der Waals surface area contributed by atoms with Gasteiger partial charge in [0.15, 0.2) is 5.13 Å². The van der Waals surface area contributed by atoms with E-state index in [1.165, 1.54) is 28.7 Å². The van der Waals surface area contributed by atoms with Crippen LogP contribution in [0.1, 0.15) is 10.4 Å². The topological polar surface area (TPSA) is 42.0 Å². The van der Waals surface area contributed by atoms with Gasteiger partial charge in [-0.05, 0) is 23.8 Å². The number of thiazole rings is 1. The number of carbonyl (C=O) groups is 1. The first kappa shape index (κ1) is 18.3. The Labute approximate surface area is 164 Å². The molecule has 0 saturated heterocycles. The average molecular weight is 409 g/mol. The van der Waals surface area contributed by atoms with Crippen molar-refractivity contribution in [2.75, 3.05) is 11.1 Å². The zero-order valence-electron chi connectivity index (χ0n) is 13.0. The summed E-state index contributed by atoms with van der Waals surface area (Å²) in [5, 5.41) is 4.56. The van der Waals surface area contributed by atoms with Crippen molar-refractivity contribution in [3.8, 4) is 0 Å². The molecule has 0 aliphatic rings. The fourth-order valence-electron chi connectivity index (χ4n) is 2.13. The first-order valence-corrected chi connectivity index (χ1v) is 10.0. The number of amides is 1. The lowest BCUT2D eigenvalue weighted by Gasteiger charge is -2.04. The van der Waals surface area contributed by atoms with Crippen LogP contribution in [0.4, 0.5) is 5.13 Å². The molecule has 0 aliphatic carbocycles. The third-order valence-corrected chi connectivity index (χ3v) is 5.92. The number of anilines is 1. The van der Waals surface area contributed by atoms with Crippen LogP contribution in [0, 0.1) is 0 Å². The minimum Gasteiger partial charge on any atom is -0.301 e. The Morgan fingerprint density at radius 3 is 2.72 bits per heavy atom. The van der Waals surface area contributed by atoms with Crippen molar-refractivity contribution in [3.63, 3.8) is 0 Å². The number of nitrogens with zero attached hydrogens (tertiary/aromatic N) is 1. The molecule has 7 heteroatoms. The fraction of sp³-hybridized carbons (Fsp3) is 0.111. The second-order valence-corrected chi connectivity index (χ2v) is 8.18. The Morgan fingerprint density at radius 2 is 1.96 bits per heavy atom. The van der Waals surface area contributed by atoms with Crippen LogP contribution >= 0.6 is 46.3 Å². The Kier molecular flexibility index (Phi) is 6.37. The number of aromatic nitrogens is 1. The van der Waals surface area contributed by atoms with Gasteiger partial charge in [0.2, 0.25) is 5.91 Å². The van der Waals surface area contributed by atoms with E-state index in [-0.39, 0.29) is 11.7 Å². The summed E-state index contributed by atoms with van der Waals surface area (Å²) in [5.41, 5.74) is 1.22. The monoisotopic (exact) mass is 408 g/mol. The van der Waals surface area contributed by atoms with E-state index in [0.717, 1.165) is 16.2 Å². The van der Waals surface area contributed by atoms with E-state index in [1.54, 1.807) is 18.3 Å². The number of benzene rings is 2. The van der Waals surface area contributed by atoms with Gasteiger partial charge in [-0.25, -0.2) is 4.98 Å². The predicted molar refractivity (Wildman–Crippen MR) is 107 cm³/mol. The molecule has 0 atom stereocenters. The smallest absolute Gasteiger partial charge is 0.236 e. The first-order valence-electron chi connectivity index (χ1n) is 7.46. The molecule has 0 spiro atoms. The van der Waals surface area contributed by atoms with Crippen molar-refractivity contribution >= 4 is 57.3 Å². The molecule has 1 aromatic heterocycles. The van der Waals surface area contributed by atoms with Crippen LogP contribution in [-0.2, 0) is 11.2 Å². The zero-order chi connectivity index (χ0) is 17.6. The largest absolute Gasteiger partial charge is 0.301 e. The summed E-state index contributed by atoms with van der Waals surface area (Å²) >= 11 is 14.8. The van der Waals surface area contributed by atoms with Gasteiger partial charge in [-0.1, -0.05) is 53.5 Å². The molecule has 2 aromatic carbocycles. The van der Waals surface area contributed by atoms with E-state index in [2.05, 4.69) is 22.4 Å². The molecule has 128 valence electrons. The molecule has 0 fully saturated rings. The van der Waals surface area contributed by atoms with E-state index in [9.17, 15) is 4.79 Å². The minimum atomic E-state index is -0.114. The Hall–Kier alpha value is -1.53. The van der Waals surface area contributed by atoms with E-state index in [4.69, 9.17) is 23.2 Å². The molecular formula is C18H14Cl2N2OS2. The highest BCUT2D eigenvalue weighted by Crippen LogP contribution is 2.30. The van der Waals surface area contributed by atoms with Crippen molar-refractivity contribution in [1.29, 1.82) is 0 Å². The maximum absolute atomic E-state index is 12.1. The molecule has 0 saturated carbocycles. The minimum absolute atomic E-state index is 0.114. The molecule has 3 nitrogen and oxygen atoms in total. The maximum Gasteiger partial charge on any atom is 0.236 e. The standard InChI is InChI=1S/C18H14Cl2N2OS2/c19-13-6-7-16(15(20)9-13)24-11-17(23)22-18-21-10-14(25-18)8-12-4-2-1-3-5-12/h1-7,9-10H,8,11H2,(H,21,22,23). The van der Waals surface area contributed by atoms with Crippen LogP contribution in [-0.4, -0.2) is 16.6 Å². The highest BCUT2D eigenvalue weighted by Gasteiger charge is 2.09. The van der Waals surface area contributed by atoms with Crippen LogP contribution in [0.15, 0.2) is 59.6 Å². The molecule has 1 heterocycles. The van der Waals surface area contributed by atoms with Crippen LogP contribution in [0.5, 0.6) is 0 Å². The Balaban J connectivity index is 1.53. The van der Waals surface area contributed by atoms with Crippen LogP contribution in [0.25, 0.3) is 0 Å². The number of nitrogens with one attached hydrogen (secondary N) is 1. The lowest BCUT2D eigenvalue weighted by Crippen LogP contribution is -2.13. The number of rotatable bonds is 6.